The second kappa shape index (κ2) is 10.7. The molecule has 166 valence electrons. The maximum Gasteiger partial charge on any atom is 0.339 e. The van der Waals surface area contributed by atoms with Gasteiger partial charge in [0.1, 0.15) is 0 Å². The molecule has 0 radical (unpaired) electrons. The molecule has 0 aliphatic heterocycles. The van der Waals surface area contributed by atoms with Crippen LogP contribution >= 0.6 is 0 Å². The molecule has 6 nitrogen and oxygen atoms in total. The lowest BCUT2D eigenvalue weighted by atomic mass is 9.88. The van der Waals surface area contributed by atoms with Crippen LogP contribution in [0.4, 0.5) is 0 Å². The number of ether oxygens (including phenoxy) is 1. The van der Waals surface area contributed by atoms with E-state index in [0.29, 0.717) is 13.0 Å². The van der Waals surface area contributed by atoms with Gasteiger partial charge in [0, 0.05) is 18.7 Å². The van der Waals surface area contributed by atoms with Crippen molar-refractivity contribution in [2.45, 2.75) is 17.2 Å². The van der Waals surface area contributed by atoms with Crippen molar-refractivity contribution in [2.24, 2.45) is 0 Å². The number of sulfone groups is 1. The van der Waals surface area contributed by atoms with E-state index in [9.17, 15) is 18.0 Å². The van der Waals surface area contributed by atoms with Crippen molar-refractivity contribution >= 4 is 21.7 Å². The maximum atomic E-state index is 12.3. The summed E-state index contributed by atoms with van der Waals surface area (Å²) in [7, 11) is -3.59. The maximum absolute atomic E-state index is 12.3. The van der Waals surface area contributed by atoms with Crippen LogP contribution in [0.5, 0.6) is 0 Å². The van der Waals surface area contributed by atoms with Gasteiger partial charge in [0.05, 0.1) is 10.5 Å². The molecule has 0 saturated heterocycles. The Morgan fingerprint density at radius 1 is 0.844 bits per heavy atom. The quantitative estimate of drug-likeness (QED) is 0.502. The normalized spacial score (nSPS) is 11.2. The van der Waals surface area contributed by atoms with E-state index in [-0.39, 0.29) is 16.4 Å². The fourth-order valence-electron chi connectivity index (χ4n) is 3.47. The Bertz CT molecular complexity index is 1120. The van der Waals surface area contributed by atoms with Crippen LogP contribution in [0, 0.1) is 0 Å². The van der Waals surface area contributed by atoms with Gasteiger partial charge in [-0.25, -0.2) is 13.2 Å². The molecule has 32 heavy (non-hydrogen) atoms. The van der Waals surface area contributed by atoms with Gasteiger partial charge >= 0.3 is 5.97 Å². The number of nitrogens with one attached hydrogen (secondary N) is 1. The summed E-state index contributed by atoms with van der Waals surface area (Å²) >= 11 is 0. The van der Waals surface area contributed by atoms with Crippen LogP contribution in [-0.2, 0) is 19.4 Å². The number of hydrogen-bond donors (Lipinski definition) is 1. The standard InChI is InChI=1S/C25H25NO5S/c1-32(29,30)23-15-9-8-14-22(23)25(28)31-18-24(27)26-17-16-21(19-10-4-2-5-11-19)20-12-6-3-7-13-20/h2-15,21H,16-18H2,1H3,(H,26,27). The summed E-state index contributed by atoms with van der Waals surface area (Å²) in [5.41, 5.74) is 2.21. The summed E-state index contributed by atoms with van der Waals surface area (Å²) in [5, 5.41) is 2.77. The molecule has 0 spiro atoms. The zero-order valence-electron chi connectivity index (χ0n) is 17.7. The van der Waals surface area contributed by atoms with Crippen molar-refractivity contribution in [1.82, 2.24) is 5.32 Å². The van der Waals surface area contributed by atoms with E-state index >= 15 is 0 Å². The highest BCUT2D eigenvalue weighted by Crippen LogP contribution is 2.27. The number of benzene rings is 3. The molecular formula is C25H25NO5S. The molecule has 3 rings (SSSR count). The zero-order chi connectivity index (χ0) is 23.0. The first kappa shape index (κ1) is 23.2. The van der Waals surface area contributed by atoms with Crippen LogP contribution in [0.3, 0.4) is 0 Å². The van der Waals surface area contributed by atoms with Crippen LogP contribution in [0.25, 0.3) is 0 Å². The van der Waals surface area contributed by atoms with Gasteiger partial charge in [-0.05, 0) is 29.7 Å². The van der Waals surface area contributed by atoms with E-state index in [4.69, 9.17) is 4.74 Å². The molecule has 3 aromatic carbocycles. The lowest BCUT2D eigenvalue weighted by Crippen LogP contribution is -2.30. The summed E-state index contributed by atoms with van der Waals surface area (Å²) in [6, 6.07) is 25.8. The van der Waals surface area contributed by atoms with Crippen LogP contribution in [0.2, 0.25) is 0 Å². The average Bonchev–Trinajstić information content (AvgIpc) is 2.81. The molecule has 0 aromatic heterocycles. The third-order valence-corrected chi connectivity index (χ3v) is 6.15. The van der Waals surface area contributed by atoms with Crippen molar-refractivity contribution in [3.05, 3.63) is 102 Å². The van der Waals surface area contributed by atoms with Gasteiger partial charge in [0.2, 0.25) is 0 Å². The average molecular weight is 452 g/mol. The third-order valence-electron chi connectivity index (χ3n) is 5.00. The Morgan fingerprint density at radius 2 is 1.38 bits per heavy atom. The molecule has 0 heterocycles. The molecule has 0 aliphatic rings. The highest BCUT2D eigenvalue weighted by atomic mass is 32.2. The van der Waals surface area contributed by atoms with Crippen LogP contribution in [0.1, 0.15) is 33.8 Å². The number of carbonyl (C=O) groups excluding carboxylic acids is 2. The van der Waals surface area contributed by atoms with E-state index in [1.54, 1.807) is 6.07 Å². The third kappa shape index (κ3) is 6.28. The molecule has 1 amide bonds. The molecule has 7 heteroatoms. The second-order valence-electron chi connectivity index (χ2n) is 7.36. The van der Waals surface area contributed by atoms with E-state index in [1.165, 1.54) is 18.2 Å². The highest BCUT2D eigenvalue weighted by Gasteiger charge is 2.20. The Morgan fingerprint density at radius 3 is 1.94 bits per heavy atom. The van der Waals surface area contributed by atoms with E-state index in [1.807, 2.05) is 36.4 Å². The minimum atomic E-state index is -3.59. The van der Waals surface area contributed by atoms with Crippen molar-refractivity contribution < 1.29 is 22.7 Å². The van der Waals surface area contributed by atoms with Gasteiger partial charge in [0.15, 0.2) is 16.4 Å². The van der Waals surface area contributed by atoms with E-state index < -0.39 is 28.3 Å². The number of amides is 1. The second-order valence-corrected chi connectivity index (χ2v) is 9.34. The van der Waals surface area contributed by atoms with Gasteiger partial charge < -0.3 is 10.1 Å². The fourth-order valence-corrected chi connectivity index (χ4v) is 4.35. The van der Waals surface area contributed by atoms with Crippen LogP contribution < -0.4 is 5.32 Å². The molecule has 1 N–H and O–H groups in total. The predicted octanol–water partition coefficient (Wildman–Crippen LogP) is 3.59. The number of carbonyl (C=O) groups is 2. The fraction of sp³-hybridized carbons (Fsp3) is 0.200. The van der Waals surface area contributed by atoms with Crippen molar-refractivity contribution in [1.29, 1.82) is 0 Å². The van der Waals surface area contributed by atoms with Gasteiger partial charge in [-0.2, -0.15) is 0 Å². The zero-order valence-corrected chi connectivity index (χ0v) is 18.5. The summed E-state index contributed by atoms with van der Waals surface area (Å²) < 4.78 is 28.7. The van der Waals surface area contributed by atoms with E-state index in [0.717, 1.165) is 17.4 Å². The molecule has 0 bridgehead atoms. The van der Waals surface area contributed by atoms with Crippen LogP contribution in [-0.4, -0.2) is 39.7 Å². The van der Waals surface area contributed by atoms with Gasteiger partial charge in [0.25, 0.3) is 5.91 Å². The number of rotatable bonds is 9. The van der Waals surface area contributed by atoms with Crippen molar-refractivity contribution in [3.8, 4) is 0 Å². The Hall–Kier alpha value is -3.45. The summed E-state index contributed by atoms with van der Waals surface area (Å²) in [6.07, 6.45) is 1.69. The van der Waals surface area contributed by atoms with Gasteiger partial charge in [-0.15, -0.1) is 0 Å². The first-order chi connectivity index (χ1) is 15.4. The first-order valence-corrected chi connectivity index (χ1v) is 12.1. The molecule has 0 atom stereocenters. The Kier molecular flexibility index (Phi) is 7.78. The molecule has 0 aliphatic carbocycles. The molecule has 3 aromatic rings. The minimum Gasteiger partial charge on any atom is -0.452 e. The molecule has 0 saturated carbocycles. The van der Waals surface area contributed by atoms with Crippen molar-refractivity contribution in [3.63, 3.8) is 0 Å². The highest BCUT2D eigenvalue weighted by molar-refractivity contribution is 7.90. The number of hydrogen-bond acceptors (Lipinski definition) is 5. The smallest absolute Gasteiger partial charge is 0.339 e. The van der Waals surface area contributed by atoms with Gasteiger partial charge in [-0.3, -0.25) is 4.79 Å². The summed E-state index contributed by atoms with van der Waals surface area (Å²) in [5.74, 6) is -1.19. The number of esters is 1. The molecule has 0 fully saturated rings. The Labute approximate surface area is 188 Å². The summed E-state index contributed by atoms with van der Waals surface area (Å²) in [6.45, 7) is -0.0942. The predicted molar refractivity (Wildman–Crippen MR) is 122 cm³/mol. The topological polar surface area (TPSA) is 89.5 Å². The SMILES string of the molecule is CS(=O)(=O)c1ccccc1C(=O)OCC(=O)NCCC(c1ccccc1)c1ccccc1. The first-order valence-electron chi connectivity index (χ1n) is 10.2. The van der Waals surface area contributed by atoms with Crippen LogP contribution in [0.15, 0.2) is 89.8 Å². The van der Waals surface area contributed by atoms with Crippen molar-refractivity contribution in [2.75, 3.05) is 19.4 Å². The lowest BCUT2D eigenvalue weighted by molar-refractivity contribution is -0.124. The monoisotopic (exact) mass is 451 g/mol. The molecular weight excluding hydrogens is 426 g/mol. The molecule has 0 unspecified atom stereocenters. The summed E-state index contributed by atoms with van der Waals surface area (Å²) in [4.78, 5) is 24.4. The van der Waals surface area contributed by atoms with Gasteiger partial charge in [-0.1, -0.05) is 72.8 Å². The largest absolute Gasteiger partial charge is 0.452 e. The Balaban J connectivity index is 1.56. The minimum absolute atomic E-state index is 0.0870. The van der Waals surface area contributed by atoms with E-state index in [2.05, 4.69) is 29.6 Å². The lowest BCUT2D eigenvalue weighted by Gasteiger charge is -2.18.